The third-order valence-corrected chi connectivity index (χ3v) is 4.35. The molecule has 4 heteroatoms. The van der Waals surface area contributed by atoms with E-state index in [1.807, 2.05) is 35.2 Å². The predicted molar refractivity (Wildman–Crippen MR) is 90.9 cm³/mol. The highest BCUT2D eigenvalue weighted by Crippen LogP contribution is 2.22. The van der Waals surface area contributed by atoms with Crippen molar-refractivity contribution in [3.8, 4) is 5.69 Å². The van der Waals surface area contributed by atoms with Crippen LogP contribution in [0.3, 0.4) is 0 Å². The SMILES string of the molecule is CC1CC(C)CN(C(=O)c2ccc(=O)n(-c3ccccc3)c2)C1. The predicted octanol–water partition coefficient (Wildman–Crippen LogP) is 2.96. The van der Waals surface area contributed by atoms with E-state index in [9.17, 15) is 9.59 Å². The topological polar surface area (TPSA) is 42.3 Å². The van der Waals surface area contributed by atoms with Gasteiger partial charge in [0.25, 0.3) is 11.5 Å². The number of carbonyl (C=O) groups excluding carboxylic acids is 1. The first-order valence-electron chi connectivity index (χ1n) is 8.12. The van der Waals surface area contributed by atoms with Gasteiger partial charge in [-0.25, -0.2) is 0 Å². The molecule has 0 spiro atoms. The quantitative estimate of drug-likeness (QED) is 0.856. The van der Waals surface area contributed by atoms with Gasteiger partial charge in [0.1, 0.15) is 0 Å². The number of aromatic nitrogens is 1. The van der Waals surface area contributed by atoms with Crippen LogP contribution in [0.4, 0.5) is 0 Å². The Morgan fingerprint density at radius 3 is 2.30 bits per heavy atom. The number of hydrogen-bond donors (Lipinski definition) is 0. The first-order valence-corrected chi connectivity index (χ1v) is 8.12. The van der Waals surface area contributed by atoms with Crippen LogP contribution < -0.4 is 5.56 Å². The second-order valence-electron chi connectivity index (χ2n) is 6.62. The number of benzene rings is 1. The molecule has 2 unspecified atom stereocenters. The third kappa shape index (κ3) is 3.36. The summed E-state index contributed by atoms with van der Waals surface area (Å²) < 4.78 is 1.53. The number of para-hydroxylation sites is 1. The summed E-state index contributed by atoms with van der Waals surface area (Å²) >= 11 is 0. The summed E-state index contributed by atoms with van der Waals surface area (Å²) in [4.78, 5) is 26.8. The average molecular weight is 310 g/mol. The van der Waals surface area contributed by atoms with Crippen molar-refractivity contribution in [1.82, 2.24) is 9.47 Å². The largest absolute Gasteiger partial charge is 0.338 e. The Morgan fingerprint density at radius 2 is 1.65 bits per heavy atom. The molecule has 0 aliphatic carbocycles. The maximum absolute atomic E-state index is 12.8. The lowest BCUT2D eigenvalue weighted by Crippen LogP contribution is -2.42. The van der Waals surface area contributed by atoms with Gasteiger partial charge in [-0.2, -0.15) is 0 Å². The molecule has 3 rings (SSSR count). The lowest BCUT2D eigenvalue weighted by Gasteiger charge is -2.35. The fourth-order valence-electron chi connectivity index (χ4n) is 3.42. The van der Waals surface area contributed by atoms with Crippen LogP contribution in [0.25, 0.3) is 5.69 Å². The van der Waals surface area contributed by atoms with Gasteiger partial charge in [-0.15, -0.1) is 0 Å². The zero-order valence-electron chi connectivity index (χ0n) is 13.6. The standard InChI is InChI=1S/C19H22N2O2/c1-14-10-15(2)12-20(11-14)19(23)16-8-9-18(22)21(13-16)17-6-4-3-5-7-17/h3-9,13-15H,10-12H2,1-2H3. The molecule has 1 fully saturated rings. The summed E-state index contributed by atoms with van der Waals surface area (Å²) in [5.74, 6) is 1.04. The Balaban J connectivity index is 1.92. The number of rotatable bonds is 2. The Hall–Kier alpha value is -2.36. The van der Waals surface area contributed by atoms with Gasteiger partial charge < -0.3 is 4.90 Å². The molecule has 1 saturated heterocycles. The van der Waals surface area contributed by atoms with E-state index in [2.05, 4.69) is 13.8 Å². The Labute approximate surface area is 136 Å². The number of piperidine rings is 1. The Morgan fingerprint density at radius 1 is 1.00 bits per heavy atom. The fourth-order valence-corrected chi connectivity index (χ4v) is 3.42. The monoisotopic (exact) mass is 310 g/mol. The third-order valence-electron chi connectivity index (χ3n) is 4.35. The molecule has 23 heavy (non-hydrogen) atoms. The molecule has 0 N–H and O–H groups in total. The number of carbonyl (C=O) groups is 1. The van der Waals surface area contributed by atoms with Crippen LogP contribution >= 0.6 is 0 Å². The molecule has 2 atom stereocenters. The van der Waals surface area contributed by atoms with E-state index in [0.29, 0.717) is 17.4 Å². The molecule has 2 heterocycles. The smallest absolute Gasteiger partial charge is 0.255 e. The van der Waals surface area contributed by atoms with E-state index in [1.54, 1.807) is 12.3 Å². The van der Waals surface area contributed by atoms with Gasteiger partial charge in [-0.05, 0) is 36.5 Å². The van der Waals surface area contributed by atoms with E-state index >= 15 is 0 Å². The molecule has 120 valence electrons. The van der Waals surface area contributed by atoms with Gasteiger partial charge in [0.2, 0.25) is 0 Å². The zero-order valence-corrected chi connectivity index (χ0v) is 13.6. The molecule has 1 aromatic heterocycles. The van der Waals surface area contributed by atoms with Crippen molar-refractivity contribution in [2.24, 2.45) is 11.8 Å². The number of amides is 1. The summed E-state index contributed by atoms with van der Waals surface area (Å²) in [6.07, 6.45) is 2.82. The lowest BCUT2D eigenvalue weighted by atomic mass is 9.91. The molecule has 2 aromatic rings. The molecule has 0 bridgehead atoms. The van der Waals surface area contributed by atoms with Gasteiger partial charge >= 0.3 is 0 Å². The minimum atomic E-state index is -0.131. The fraction of sp³-hybridized carbons (Fsp3) is 0.368. The maximum atomic E-state index is 12.8. The second-order valence-corrected chi connectivity index (χ2v) is 6.62. The molecular weight excluding hydrogens is 288 g/mol. The van der Waals surface area contributed by atoms with E-state index in [4.69, 9.17) is 0 Å². The number of pyridine rings is 1. The molecular formula is C19H22N2O2. The summed E-state index contributed by atoms with van der Waals surface area (Å²) in [5, 5.41) is 0. The first kappa shape index (κ1) is 15.5. The van der Waals surface area contributed by atoms with Crippen LogP contribution in [-0.4, -0.2) is 28.5 Å². The summed E-state index contributed by atoms with van der Waals surface area (Å²) in [5.41, 5.74) is 1.20. The summed E-state index contributed by atoms with van der Waals surface area (Å²) in [6, 6.07) is 12.5. The van der Waals surface area contributed by atoms with Gasteiger partial charge in [0.15, 0.2) is 0 Å². The first-order chi connectivity index (χ1) is 11.0. The van der Waals surface area contributed by atoms with Gasteiger partial charge in [0, 0.05) is 31.0 Å². The lowest BCUT2D eigenvalue weighted by molar-refractivity contribution is 0.0622. The summed E-state index contributed by atoms with van der Waals surface area (Å²) in [7, 11) is 0. The molecule has 0 radical (unpaired) electrons. The van der Waals surface area contributed by atoms with Crippen molar-refractivity contribution in [2.45, 2.75) is 20.3 Å². The van der Waals surface area contributed by atoms with Crippen LogP contribution in [0, 0.1) is 11.8 Å². The van der Waals surface area contributed by atoms with E-state index in [-0.39, 0.29) is 11.5 Å². The van der Waals surface area contributed by atoms with Crippen molar-refractivity contribution in [3.05, 3.63) is 64.6 Å². The highest BCUT2D eigenvalue weighted by Gasteiger charge is 2.26. The minimum Gasteiger partial charge on any atom is -0.338 e. The second kappa shape index (κ2) is 6.41. The molecule has 1 aliphatic heterocycles. The van der Waals surface area contributed by atoms with E-state index < -0.39 is 0 Å². The summed E-state index contributed by atoms with van der Waals surface area (Å²) in [6.45, 7) is 5.93. The van der Waals surface area contributed by atoms with Crippen molar-refractivity contribution in [3.63, 3.8) is 0 Å². The molecule has 4 nitrogen and oxygen atoms in total. The van der Waals surface area contributed by atoms with E-state index in [1.165, 1.54) is 10.6 Å². The van der Waals surface area contributed by atoms with Gasteiger partial charge in [0.05, 0.1) is 5.56 Å². The number of nitrogens with zero attached hydrogens (tertiary/aromatic N) is 2. The van der Waals surface area contributed by atoms with E-state index in [0.717, 1.165) is 25.2 Å². The highest BCUT2D eigenvalue weighted by molar-refractivity contribution is 5.94. The Bertz CT molecular complexity index is 741. The minimum absolute atomic E-state index is 0.00748. The average Bonchev–Trinajstić information content (AvgIpc) is 2.54. The molecule has 1 amide bonds. The van der Waals surface area contributed by atoms with Crippen LogP contribution in [-0.2, 0) is 0 Å². The Kier molecular flexibility index (Phi) is 4.33. The van der Waals surface area contributed by atoms with Crippen LogP contribution in [0.15, 0.2) is 53.5 Å². The van der Waals surface area contributed by atoms with Crippen molar-refractivity contribution in [1.29, 1.82) is 0 Å². The number of likely N-dealkylation sites (tertiary alicyclic amines) is 1. The molecule has 1 aromatic carbocycles. The van der Waals surface area contributed by atoms with Crippen molar-refractivity contribution < 1.29 is 4.79 Å². The highest BCUT2D eigenvalue weighted by atomic mass is 16.2. The van der Waals surface area contributed by atoms with Gasteiger partial charge in [-0.3, -0.25) is 14.2 Å². The van der Waals surface area contributed by atoms with Crippen LogP contribution in [0.5, 0.6) is 0 Å². The van der Waals surface area contributed by atoms with Crippen LogP contribution in [0.2, 0.25) is 0 Å². The van der Waals surface area contributed by atoms with Crippen LogP contribution in [0.1, 0.15) is 30.6 Å². The van der Waals surface area contributed by atoms with Crippen molar-refractivity contribution in [2.75, 3.05) is 13.1 Å². The molecule has 1 aliphatic rings. The maximum Gasteiger partial charge on any atom is 0.255 e. The number of hydrogen-bond acceptors (Lipinski definition) is 2. The normalized spacial score (nSPS) is 21.2. The van der Waals surface area contributed by atoms with Crippen molar-refractivity contribution >= 4 is 5.91 Å². The van der Waals surface area contributed by atoms with Gasteiger partial charge in [-0.1, -0.05) is 32.0 Å². The molecule has 0 saturated carbocycles. The zero-order chi connectivity index (χ0) is 16.4.